The van der Waals surface area contributed by atoms with Gasteiger partial charge in [-0.05, 0) is 56.9 Å². The molecule has 1 N–H and O–H groups in total. The molecule has 1 aliphatic rings. The highest BCUT2D eigenvalue weighted by atomic mass is 32.2. The van der Waals surface area contributed by atoms with Gasteiger partial charge in [0.15, 0.2) is 0 Å². The predicted octanol–water partition coefficient (Wildman–Crippen LogP) is 5.33. The molecular weight excluding hydrogens is 506 g/mol. The molecule has 4 rings (SSSR count). The van der Waals surface area contributed by atoms with Crippen molar-refractivity contribution < 1.29 is 22.7 Å². The number of carbonyl (C=O) groups excluding carboxylic acids is 1. The van der Waals surface area contributed by atoms with Crippen LogP contribution in [0.2, 0.25) is 0 Å². The zero-order valence-corrected chi connectivity index (χ0v) is 23.3. The summed E-state index contributed by atoms with van der Waals surface area (Å²) >= 11 is 0. The molecule has 206 valence electrons. The van der Waals surface area contributed by atoms with Gasteiger partial charge in [0, 0.05) is 29.8 Å². The van der Waals surface area contributed by atoms with Gasteiger partial charge in [0.2, 0.25) is 5.91 Å². The second-order valence-electron chi connectivity index (χ2n) is 9.67. The summed E-state index contributed by atoms with van der Waals surface area (Å²) in [4.78, 5) is 26.3. The molecule has 1 heterocycles. The summed E-state index contributed by atoms with van der Waals surface area (Å²) in [5.74, 6) is 0.345. The molecule has 1 fully saturated rings. The van der Waals surface area contributed by atoms with E-state index in [2.05, 4.69) is 5.32 Å². The summed E-state index contributed by atoms with van der Waals surface area (Å²) in [5, 5.41) is 2.84. The van der Waals surface area contributed by atoms with Crippen LogP contribution in [0.1, 0.15) is 71.8 Å². The predicted molar refractivity (Wildman–Crippen MR) is 148 cm³/mol. The van der Waals surface area contributed by atoms with E-state index in [-0.39, 0.29) is 34.0 Å². The molecule has 0 spiro atoms. The van der Waals surface area contributed by atoms with Crippen LogP contribution < -0.4 is 20.5 Å². The Kier molecular flexibility index (Phi) is 8.50. The Morgan fingerprint density at radius 1 is 1.03 bits per heavy atom. The largest absolute Gasteiger partial charge is 0.495 e. The van der Waals surface area contributed by atoms with Crippen molar-refractivity contribution >= 4 is 32.7 Å². The molecule has 2 aromatic carbocycles. The molecule has 10 heteroatoms. The summed E-state index contributed by atoms with van der Waals surface area (Å²) in [6.45, 7) is 6.22. The molecule has 0 radical (unpaired) electrons. The normalized spacial score (nSPS) is 14.7. The van der Waals surface area contributed by atoms with Gasteiger partial charge in [-0.25, -0.2) is 13.2 Å². The third-order valence-corrected chi connectivity index (χ3v) is 9.09. The number of hydrogen-bond donors (Lipinski definition) is 1. The fourth-order valence-corrected chi connectivity index (χ4v) is 6.85. The first kappa shape index (κ1) is 27.8. The molecule has 3 aromatic rings. The molecular formula is C28H37N3O6S. The van der Waals surface area contributed by atoms with Gasteiger partial charge < -0.3 is 14.8 Å². The van der Waals surface area contributed by atoms with E-state index < -0.39 is 15.7 Å². The van der Waals surface area contributed by atoms with E-state index in [0.717, 1.165) is 36.1 Å². The summed E-state index contributed by atoms with van der Waals surface area (Å²) < 4.78 is 41.7. The number of nitrogens with zero attached hydrogens (tertiary/aromatic N) is 2. The van der Waals surface area contributed by atoms with Crippen LogP contribution >= 0.6 is 0 Å². The molecule has 0 atom stereocenters. The fourth-order valence-electron chi connectivity index (χ4n) is 5.31. The van der Waals surface area contributed by atoms with Crippen molar-refractivity contribution in [3.8, 4) is 11.5 Å². The van der Waals surface area contributed by atoms with E-state index in [0.29, 0.717) is 36.4 Å². The van der Waals surface area contributed by atoms with Crippen LogP contribution in [0.3, 0.4) is 0 Å². The number of methoxy groups -OCH3 is 1. The van der Waals surface area contributed by atoms with Gasteiger partial charge >= 0.3 is 5.69 Å². The van der Waals surface area contributed by atoms with Crippen molar-refractivity contribution in [2.75, 3.05) is 19.0 Å². The van der Waals surface area contributed by atoms with Crippen molar-refractivity contribution in [2.24, 2.45) is 5.92 Å². The lowest BCUT2D eigenvalue weighted by Crippen LogP contribution is -2.32. The highest BCUT2D eigenvalue weighted by molar-refractivity contribution is 7.90. The molecule has 38 heavy (non-hydrogen) atoms. The SMILES string of the molecule is CCOc1ccc2c(c1)n(C1CCCCC1)c(=O)n2S(=O)(=O)c1ccc(NC(=O)C(CC)CC)cc1OC. The number of carbonyl (C=O) groups is 1. The quantitative estimate of drug-likeness (QED) is 0.370. The maximum Gasteiger partial charge on any atom is 0.343 e. The van der Waals surface area contributed by atoms with Gasteiger partial charge in [-0.1, -0.05) is 33.1 Å². The van der Waals surface area contributed by atoms with Crippen LogP contribution in [0.4, 0.5) is 5.69 Å². The molecule has 0 aliphatic heterocycles. The number of fused-ring (bicyclic) bond motifs is 1. The zero-order chi connectivity index (χ0) is 27.4. The van der Waals surface area contributed by atoms with Crippen molar-refractivity contribution in [3.63, 3.8) is 0 Å². The van der Waals surface area contributed by atoms with E-state index in [9.17, 15) is 18.0 Å². The zero-order valence-electron chi connectivity index (χ0n) is 22.5. The maximum atomic E-state index is 14.0. The number of nitrogens with one attached hydrogen (secondary N) is 1. The van der Waals surface area contributed by atoms with Gasteiger partial charge in [0.1, 0.15) is 16.4 Å². The highest BCUT2D eigenvalue weighted by Crippen LogP contribution is 2.34. The van der Waals surface area contributed by atoms with Gasteiger partial charge in [0.25, 0.3) is 10.0 Å². The van der Waals surface area contributed by atoms with Gasteiger partial charge in [-0.15, -0.1) is 0 Å². The van der Waals surface area contributed by atoms with Crippen LogP contribution in [-0.4, -0.2) is 36.6 Å². The molecule has 1 aromatic heterocycles. The lowest BCUT2D eigenvalue weighted by Gasteiger charge is -2.23. The minimum atomic E-state index is -4.35. The monoisotopic (exact) mass is 543 g/mol. The Balaban J connectivity index is 1.84. The molecule has 1 aliphatic carbocycles. The number of benzene rings is 2. The Morgan fingerprint density at radius 3 is 2.37 bits per heavy atom. The summed E-state index contributed by atoms with van der Waals surface area (Å²) in [7, 11) is -2.98. The lowest BCUT2D eigenvalue weighted by atomic mass is 9.95. The number of amides is 1. The van der Waals surface area contributed by atoms with E-state index in [1.165, 1.54) is 25.3 Å². The second kappa shape index (κ2) is 11.6. The van der Waals surface area contributed by atoms with E-state index in [1.807, 2.05) is 20.8 Å². The van der Waals surface area contributed by atoms with Crippen molar-refractivity contribution in [1.29, 1.82) is 0 Å². The minimum Gasteiger partial charge on any atom is -0.495 e. The average Bonchev–Trinajstić information content (AvgIpc) is 3.21. The third kappa shape index (κ3) is 5.18. The number of anilines is 1. The minimum absolute atomic E-state index is 0.0451. The Labute approximate surface area is 223 Å². The first-order valence-corrected chi connectivity index (χ1v) is 14.8. The number of imidazole rings is 1. The second-order valence-corrected chi connectivity index (χ2v) is 11.4. The molecule has 9 nitrogen and oxygen atoms in total. The Morgan fingerprint density at radius 2 is 1.74 bits per heavy atom. The number of hydrogen-bond acceptors (Lipinski definition) is 6. The molecule has 1 amide bonds. The first-order chi connectivity index (χ1) is 18.3. The molecule has 1 saturated carbocycles. The van der Waals surface area contributed by atoms with Gasteiger partial charge in [0.05, 0.1) is 24.8 Å². The van der Waals surface area contributed by atoms with Gasteiger partial charge in [-0.3, -0.25) is 9.36 Å². The number of rotatable bonds is 10. The number of ether oxygens (including phenoxy) is 2. The number of aromatic nitrogens is 2. The first-order valence-electron chi connectivity index (χ1n) is 13.4. The lowest BCUT2D eigenvalue weighted by molar-refractivity contribution is -0.120. The third-order valence-electron chi connectivity index (χ3n) is 7.36. The molecule has 0 saturated heterocycles. The van der Waals surface area contributed by atoms with Crippen LogP contribution in [0.25, 0.3) is 11.0 Å². The van der Waals surface area contributed by atoms with Crippen LogP contribution in [0.5, 0.6) is 11.5 Å². The summed E-state index contributed by atoms with van der Waals surface area (Å²) in [6, 6.07) is 9.33. The van der Waals surface area contributed by atoms with E-state index >= 15 is 0 Å². The van der Waals surface area contributed by atoms with E-state index in [1.54, 1.807) is 22.8 Å². The Bertz CT molecular complexity index is 1460. The highest BCUT2D eigenvalue weighted by Gasteiger charge is 2.31. The molecule has 0 unspecified atom stereocenters. The van der Waals surface area contributed by atoms with Crippen LogP contribution in [-0.2, 0) is 14.8 Å². The topological polar surface area (TPSA) is 109 Å². The van der Waals surface area contributed by atoms with Crippen LogP contribution in [0, 0.1) is 5.92 Å². The Hall–Kier alpha value is -3.27. The van der Waals surface area contributed by atoms with Crippen molar-refractivity contribution in [3.05, 3.63) is 46.9 Å². The van der Waals surface area contributed by atoms with E-state index in [4.69, 9.17) is 9.47 Å². The average molecular weight is 544 g/mol. The standard InChI is InChI=1S/C28H37N3O6S/c1-5-19(6-2)27(32)29-20-13-16-26(25(17-20)36-4)38(34,35)31-23-15-14-22(37-7-3)18-24(23)30(28(31)33)21-11-9-8-10-12-21/h13-19,21H,5-12H2,1-4H3,(H,29,32). The van der Waals surface area contributed by atoms with Crippen LogP contribution in [0.15, 0.2) is 46.1 Å². The molecule has 0 bridgehead atoms. The summed E-state index contributed by atoms with van der Waals surface area (Å²) in [5.41, 5.74) is 0.645. The maximum absolute atomic E-state index is 14.0. The smallest absolute Gasteiger partial charge is 0.343 e. The fraction of sp³-hybridized carbons (Fsp3) is 0.500. The van der Waals surface area contributed by atoms with Crippen molar-refractivity contribution in [2.45, 2.75) is 76.7 Å². The van der Waals surface area contributed by atoms with Crippen molar-refractivity contribution in [1.82, 2.24) is 8.54 Å². The van der Waals surface area contributed by atoms with Gasteiger partial charge in [-0.2, -0.15) is 3.97 Å². The summed E-state index contributed by atoms with van der Waals surface area (Å²) in [6.07, 6.45) is 6.09.